The molecular weight excluding hydrogens is 523 g/mol. The Labute approximate surface area is 228 Å². The van der Waals surface area contributed by atoms with Crippen LogP contribution in [0.15, 0.2) is 84.9 Å². The molecule has 10 heteroatoms. The van der Waals surface area contributed by atoms with E-state index in [1.807, 2.05) is 60.7 Å². The first-order chi connectivity index (χ1) is 18.3. The quantitative estimate of drug-likeness (QED) is 0.255. The van der Waals surface area contributed by atoms with Crippen molar-refractivity contribution >= 4 is 46.4 Å². The fourth-order valence-corrected chi connectivity index (χ4v) is 4.78. The highest BCUT2D eigenvalue weighted by Gasteiger charge is 2.24. The second-order valence-corrected chi connectivity index (χ2v) is 9.17. The van der Waals surface area contributed by atoms with Crippen molar-refractivity contribution < 1.29 is 9.59 Å². The molecular formula is C28H22Cl2N6O2. The molecule has 0 aliphatic carbocycles. The minimum atomic E-state index is -0.456. The van der Waals surface area contributed by atoms with E-state index in [-0.39, 0.29) is 21.4 Å². The third-order valence-corrected chi connectivity index (χ3v) is 6.59. The van der Waals surface area contributed by atoms with E-state index in [2.05, 4.69) is 20.8 Å². The largest absolute Gasteiger partial charge is 0.320 e. The van der Waals surface area contributed by atoms with Gasteiger partial charge in [-0.05, 0) is 50.2 Å². The van der Waals surface area contributed by atoms with Crippen LogP contribution in [0.25, 0.3) is 11.4 Å². The molecule has 0 saturated carbocycles. The second-order valence-electron chi connectivity index (χ2n) is 8.45. The van der Waals surface area contributed by atoms with E-state index >= 15 is 0 Å². The standard InChI is InChI=1S/C28H22Cl2N6O2/c1-17-23(25(29)35(33-17)19-11-5-3-6-12-19)27(37)31-21-15-9-10-16-22(21)32-28(38)24-18(2)34-36(26(24)30)20-13-7-4-8-14-20/h3-16H,1-2H3,(H,31,37)(H,32,38). The molecule has 0 aliphatic rings. The van der Waals surface area contributed by atoms with Gasteiger partial charge in [0, 0.05) is 0 Å². The Morgan fingerprint density at radius 1 is 0.605 bits per heavy atom. The van der Waals surface area contributed by atoms with Crippen LogP contribution in [0.2, 0.25) is 10.3 Å². The number of anilines is 2. The normalized spacial score (nSPS) is 10.8. The molecule has 2 N–H and O–H groups in total. The lowest BCUT2D eigenvalue weighted by molar-refractivity contribution is 0.101. The summed E-state index contributed by atoms with van der Waals surface area (Å²) in [5.41, 5.74) is 3.64. The van der Waals surface area contributed by atoms with Crippen molar-refractivity contribution in [3.63, 3.8) is 0 Å². The molecule has 5 rings (SSSR count). The summed E-state index contributed by atoms with van der Waals surface area (Å²) < 4.78 is 3.02. The minimum absolute atomic E-state index is 0.184. The maximum absolute atomic E-state index is 13.3. The average Bonchev–Trinajstić information content (AvgIpc) is 3.39. The van der Waals surface area contributed by atoms with Crippen LogP contribution in [0.4, 0.5) is 11.4 Å². The smallest absolute Gasteiger partial charge is 0.260 e. The summed E-state index contributed by atoms with van der Waals surface area (Å²) >= 11 is 13.1. The first-order valence-electron chi connectivity index (χ1n) is 11.7. The summed E-state index contributed by atoms with van der Waals surface area (Å²) in [4.78, 5) is 26.6. The molecule has 0 fully saturated rings. The summed E-state index contributed by atoms with van der Waals surface area (Å²) in [5.74, 6) is -0.912. The van der Waals surface area contributed by atoms with E-state index in [0.717, 1.165) is 11.4 Å². The summed E-state index contributed by atoms with van der Waals surface area (Å²) in [7, 11) is 0. The summed E-state index contributed by atoms with van der Waals surface area (Å²) in [5, 5.41) is 14.9. The zero-order valence-electron chi connectivity index (χ0n) is 20.4. The van der Waals surface area contributed by atoms with Crippen molar-refractivity contribution in [3.05, 3.63) is 118 Å². The molecule has 190 valence electrons. The molecule has 0 saturated heterocycles. The number of benzene rings is 3. The Morgan fingerprint density at radius 3 is 1.32 bits per heavy atom. The minimum Gasteiger partial charge on any atom is -0.320 e. The molecule has 0 atom stereocenters. The van der Waals surface area contributed by atoms with Gasteiger partial charge in [0.1, 0.15) is 21.4 Å². The van der Waals surface area contributed by atoms with Gasteiger partial charge in [-0.25, -0.2) is 9.36 Å². The van der Waals surface area contributed by atoms with E-state index in [1.54, 1.807) is 38.1 Å². The molecule has 2 aromatic heterocycles. The number of rotatable bonds is 6. The lowest BCUT2D eigenvalue weighted by atomic mass is 10.2. The molecule has 0 aliphatic heterocycles. The van der Waals surface area contributed by atoms with E-state index < -0.39 is 11.8 Å². The van der Waals surface area contributed by atoms with Crippen molar-refractivity contribution in [2.24, 2.45) is 0 Å². The number of nitrogens with zero attached hydrogens (tertiary/aromatic N) is 4. The lowest BCUT2D eigenvalue weighted by Gasteiger charge is -2.12. The van der Waals surface area contributed by atoms with Crippen LogP contribution in [0.1, 0.15) is 32.1 Å². The topological polar surface area (TPSA) is 93.8 Å². The van der Waals surface area contributed by atoms with Crippen LogP contribution in [0.5, 0.6) is 0 Å². The van der Waals surface area contributed by atoms with Gasteiger partial charge in [0.2, 0.25) is 0 Å². The Kier molecular flexibility index (Phi) is 7.00. The predicted molar refractivity (Wildman–Crippen MR) is 149 cm³/mol. The third kappa shape index (κ3) is 4.79. The fraction of sp³-hybridized carbons (Fsp3) is 0.0714. The number of carbonyl (C=O) groups is 2. The fourth-order valence-electron chi connectivity index (χ4n) is 4.07. The van der Waals surface area contributed by atoms with Crippen LogP contribution >= 0.6 is 23.2 Å². The number of hydrogen-bond donors (Lipinski definition) is 2. The van der Waals surface area contributed by atoms with Crippen molar-refractivity contribution in [1.29, 1.82) is 0 Å². The van der Waals surface area contributed by atoms with Gasteiger partial charge in [-0.15, -0.1) is 0 Å². The third-order valence-electron chi connectivity index (χ3n) is 5.89. The Bertz CT molecular complexity index is 1520. The highest BCUT2D eigenvalue weighted by molar-refractivity contribution is 6.34. The number of para-hydroxylation sites is 4. The van der Waals surface area contributed by atoms with Crippen LogP contribution in [-0.4, -0.2) is 31.4 Å². The van der Waals surface area contributed by atoms with Gasteiger partial charge in [0.05, 0.1) is 34.1 Å². The van der Waals surface area contributed by atoms with Gasteiger partial charge < -0.3 is 10.6 Å². The molecule has 0 spiro atoms. The van der Waals surface area contributed by atoms with Gasteiger partial charge in [0.15, 0.2) is 0 Å². The van der Waals surface area contributed by atoms with Crippen LogP contribution < -0.4 is 10.6 Å². The molecule has 0 radical (unpaired) electrons. The van der Waals surface area contributed by atoms with Crippen LogP contribution in [0.3, 0.4) is 0 Å². The molecule has 38 heavy (non-hydrogen) atoms. The number of nitrogens with one attached hydrogen (secondary N) is 2. The van der Waals surface area contributed by atoms with Crippen LogP contribution in [0, 0.1) is 13.8 Å². The molecule has 0 bridgehead atoms. The Balaban J connectivity index is 1.40. The number of hydrogen-bond acceptors (Lipinski definition) is 4. The second kappa shape index (κ2) is 10.5. The zero-order valence-corrected chi connectivity index (χ0v) is 22.0. The number of aromatic nitrogens is 4. The molecule has 5 aromatic rings. The highest BCUT2D eigenvalue weighted by Crippen LogP contribution is 2.29. The lowest BCUT2D eigenvalue weighted by Crippen LogP contribution is -2.18. The Hall–Kier alpha value is -4.40. The van der Waals surface area contributed by atoms with Gasteiger partial charge in [-0.1, -0.05) is 71.7 Å². The maximum Gasteiger partial charge on any atom is 0.260 e. The predicted octanol–water partition coefficient (Wildman–Crippen LogP) is 6.49. The highest BCUT2D eigenvalue weighted by atomic mass is 35.5. The number of amides is 2. The monoisotopic (exact) mass is 544 g/mol. The van der Waals surface area contributed by atoms with Crippen molar-refractivity contribution in [1.82, 2.24) is 19.6 Å². The van der Waals surface area contributed by atoms with Gasteiger partial charge >= 0.3 is 0 Å². The van der Waals surface area contributed by atoms with E-state index in [9.17, 15) is 9.59 Å². The number of aryl methyl sites for hydroxylation is 2. The van der Waals surface area contributed by atoms with Crippen LogP contribution in [-0.2, 0) is 0 Å². The van der Waals surface area contributed by atoms with Gasteiger partial charge in [0.25, 0.3) is 11.8 Å². The SMILES string of the molecule is Cc1nn(-c2ccccc2)c(Cl)c1C(=O)Nc1ccccc1NC(=O)c1c(C)nn(-c2ccccc2)c1Cl. The Morgan fingerprint density at radius 2 is 0.947 bits per heavy atom. The molecule has 2 amide bonds. The van der Waals surface area contributed by atoms with E-state index in [0.29, 0.717) is 22.8 Å². The van der Waals surface area contributed by atoms with Gasteiger partial charge in [-0.3, -0.25) is 9.59 Å². The summed E-state index contributed by atoms with van der Waals surface area (Å²) in [6.45, 7) is 3.42. The zero-order chi connectivity index (χ0) is 26.8. The molecule has 0 unspecified atom stereocenters. The first-order valence-corrected chi connectivity index (χ1v) is 12.4. The number of carbonyl (C=O) groups excluding carboxylic acids is 2. The summed E-state index contributed by atoms with van der Waals surface area (Å²) in [6.07, 6.45) is 0. The molecule has 8 nitrogen and oxygen atoms in total. The summed E-state index contributed by atoms with van der Waals surface area (Å²) in [6, 6.07) is 25.4. The molecule has 2 heterocycles. The van der Waals surface area contributed by atoms with Gasteiger partial charge in [-0.2, -0.15) is 10.2 Å². The molecule has 3 aromatic carbocycles. The van der Waals surface area contributed by atoms with Crippen molar-refractivity contribution in [2.75, 3.05) is 10.6 Å². The van der Waals surface area contributed by atoms with E-state index in [1.165, 1.54) is 9.36 Å². The average molecular weight is 545 g/mol. The maximum atomic E-state index is 13.3. The van der Waals surface area contributed by atoms with Crippen molar-refractivity contribution in [3.8, 4) is 11.4 Å². The first kappa shape index (κ1) is 25.3. The number of halogens is 2. The van der Waals surface area contributed by atoms with Crippen molar-refractivity contribution in [2.45, 2.75) is 13.8 Å². The van der Waals surface area contributed by atoms with E-state index in [4.69, 9.17) is 23.2 Å².